The predicted molar refractivity (Wildman–Crippen MR) is 130 cm³/mol. The van der Waals surface area contributed by atoms with Crippen molar-refractivity contribution in [3.8, 4) is 0 Å². The fraction of sp³-hybridized carbons (Fsp3) is 0.478. The standard InChI is InChI=1S/C23H31ClN4O4S/c1-16(2)10-11-25-22(31)21(17-4-6-18(24)7-5-17)28(13-14-32-3)20(30)9-8-19(29)27-23-26-12-15-33-23/h4-7,12,15-16,21H,8-11,13-14H2,1-3H3,(H,25,31)(H,26,27,29). The second-order valence-corrected chi connectivity index (χ2v) is 9.22. The minimum Gasteiger partial charge on any atom is -0.383 e. The largest absolute Gasteiger partial charge is 0.383 e. The highest BCUT2D eigenvalue weighted by atomic mass is 35.5. The Kier molecular flexibility index (Phi) is 11.3. The number of hydrogen-bond donors (Lipinski definition) is 2. The molecule has 0 aliphatic heterocycles. The third-order valence-corrected chi connectivity index (χ3v) is 5.81. The number of halogens is 1. The molecule has 1 aromatic heterocycles. The highest BCUT2D eigenvalue weighted by Crippen LogP contribution is 2.24. The normalized spacial score (nSPS) is 11.8. The lowest BCUT2D eigenvalue weighted by Crippen LogP contribution is -2.45. The van der Waals surface area contributed by atoms with Crippen molar-refractivity contribution in [2.24, 2.45) is 5.92 Å². The second-order valence-electron chi connectivity index (χ2n) is 7.89. The van der Waals surface area contributed by atoms with Gasteiger partial charge in [-0.1, -0.05) is 37.6 Å². The van der Waals surface area contributed by atoms with Crippen LogP contribution in [0.25, 0.3) is 0 Å². The van der Waals surface area contributed by atoms with E-state index >= 15 is 0 Å². The van der Waals surface area contributed by atoms with E-state index in [2.05, 4.69) is 29.5 Å². The molecular formula is C23H31ClN4O4S. The van der Waals surface area contributed by atoms with Crippen molar-refractivity contribution in [1.82, 2.24) is 15.2 Å². The van der Waals surface area contributed by atoms with E-state index < -0.39 is 6.04 Å². The van der Waals surface area contributed by atoms with Gasteiger partial charge < -0.3 is 20.3 Å². The molecule has 0 aliphatic rings. The molecule has 1 aromatic carbocycles. The van der Waals surface area contributed by atoms with Crippen molar-refractivity contribution < 1.29 is 19.1 Å². The van der Waals surface area contributed by atoms with Gasteiger partial charge in [0, 0.05) is 49.6 Å². The number of nitrogens with one attached hydrogen (secondary N) is 2. The predicted octanol–water partition coefficient (Wildman–Crippen LogP) is 3.89. The number of carbonyl (C=O) groups excluding carboxylic acids is 3. The molecule has 0 spiro atoms. The van der Waals surface area contributed by atoms with Gasteiger partial charge in [-0.15, -0.1) is 11.3 Å². The molecule has 0 fully saturated rings. The Labute approximate surface area is 203 Å². The van der Waals surface area contributed by atoms with E-state index in [1.165, 1.54) is 23.3 Å². The SMILES string of the molecule is COCCN(C(=O)CCC(=O)Nc1nccs1)C(C(=O)NCCC(C)C)c1ccc(Cl)cc1. The van der Waals surface area contributed by atoms with Crippen molar-refractivity contribution in [3.05, 3.63) is 46.4 Å². The summed E-state index contributed by atoms with van der Waals surface area (Å²) in [6, 6.07) is 5.98. The van der Waals surface area contributed by atoms with E-state index in [1.54, 1.807) is 35.8 Å². The van der Waals surface area contributed by atoms with Crippen LogP contribution < -0.4 is 10.6 Å². The molecule has 0 radical (unpaired) electrons. The highest BCUT2D eigenvalue weighted by Gasteiger charge is 2.31. The van der Waals surface area contributed by atoms with Gasteiger partial charge in [0.1, 0.15) is 6.04 Å². The number of carbonyl (C=O) groups is 3. The van der Waals surface area contributed by atoms with Gasteiger partial charge in [0.2, 0.25) is 17.7 Å². The molecule has 2 aromatic rings. The topological polar surface area (TPSA) is 101 Å². The zero-order valence-electron chi connectivity index (χ0n) is 19.2. The van der Waals surface area contributed by atoms with Gasteiger partial charge in [0.05, 0.1) is 6.61 Å². The van der Waals surface area contributed by atoms with E-state index in [9.17, 15) is 14.4 Å². The van der Waals surface area contributed by atoms with E-state index in [0.717, 1.165) is 6.42 Å². The fourth-order valence-corrected chi connectivity index (χ4v) is 3.79. The van der Waals surface area contributed by atoms with Crippen molar-refractivity contribution in [3.63, 3.8) is 0 Å². The number of thiazole rings is 1. The van der Waals surface area contributed by atoms with Crippen LogP contribution in [0.3, 0.4) is 0 Å². The molecule has 0 bridgehead atoms. The van der Waals surface area contributed by atoms with Crippen molar-refractivity contribution in [2.45, 2.75) is 39.2 Å². The number of nitrogens with zero attached hydrogens (tertiary/aromatic N) is 2. The average molecular weight is 495 g/mol. The van der Waals surface area contributed by atoms with Gasteiger partial charge in [-0.2, -0.15) is 0 Å². The van der Waals surface area contributed by atoms with Gasteiger partial charge >= 0.3 is 0 Å². The summed E-state index contributed by atoms with van der Waals surface area (Å²) >= 11 is 7.33. The van der Waals surface area contributed by atoms with Crippen molar-refractivity contribution >= 4 is 45.8 Å². The maximum Gasteiger partial charge on any atom is 0.247 e. The Hall–Kier alpha value is -2.49. The Morgan fingerprint density at radius 3 is 2.52 bits per heavy atom. The summed E-state index contributed by atoms with van der Waals surface area (Å²) in [6.45, 7) is 5.11. The molecule has 0 saturated carbocycles. The molecule has 1 heterocycles. The van der Waals surface area contributed by atoms with E-state index in [4.69, 9.17) is 16.3 Å². The smallest absolute Gasteiger partial charge is 0.247 e. The maximum absolute atomic E-state index is 13.2. The molecule has 0 saturated heterocycles. The third kappa shape index (κ3) is 9.11. The molecular weight excluding hydrogens is 464 g/mol. The molecule has 8 nitrogen and oxygen atoms in total. The van der Waals surface area contributed by atoms with Crippen LogP contribution in [0, 0.1) is 5.92 Å². The van der Waals surface area contributed by atoms with Crippen LogP contribution in [-0.2, 0) is 19.1 Å². The first-order valence-electron chi connectivity index (χ1n) is 10.8. The zero-order chi connectivity index (χ0) is 24.2. The minimum atomic E-state index is -0.862. The van der Waals surface area contributed by atoms with Crippen LogP contribution in [0.15, 0.2) is 35.8 Å². The van der Waals surface area contributed by atoms with Gasteiger partial charge in [-0.05, 0) is 30.0 Å². The summed E-state index contributed by atoms with van der Waals surface area (Å²) in [6.07, 6.45) is 2.34. The number of benzene rings is 1. The number of aromatic nitrogens is 1. The van der Waals surface area contributed by atoms with Crippen LogP contribution in [-0.4, -0.2) is 54.4 Å². The van der Waals surface area contributed by atoms with Crippen LogP contribution >= 0.6 is 22.9 Å². The first-order valence-corrected chi connectivity index (χ1v) is 12.1. The van der Waals surface area contributed by atoms with Crippen LogP contribution in [0.2, 0.25) is 5.02 Å². The fourth-order valence-electron chi connectivity index (χ4n) is 3.12. The molecule has 33 heavy (non-hydrogen) atoms. The first-order chi connectivity index (χ1) is 15.8. The molecule has 1 atom stereocenters. The lowest BCUT2D eigenvalue weighted by Gasteiger charge is -2.31. The maximum atomic E-state index is 13.2. The number of hydrogen-bond acceptors (Lipinski definition) is 6. The number of methoxy groups -OCH3 is 1. The van der Waals surface area contributed by atoms with Gasteiger partial charge in [0.25, 0.3) is 0 Å². The lowest BCUT2D eigenvalue weighted by atomic mass is 10.0. The van der Waals surface area contributed by atoms with Gasteiger partial charge in [-0.25, -0.2) is 4.98 Å². The molecule has 2 rings (SSSR count). The Bertz CT molecular complexity index is 890. The first kappa shape index (κ1) is 26.8. The average Bonchev–Trinajstić information content (AvgIpc) is 3.28. The van der Waals surface area contributed by atoms with Gasteiger partial charge in [0.15, 0.2) is 5.13 Å². The Balaban J connectivity index is 2.18. The van der Waals surface area contributed by atoms with E-state index in [1.807, 2.05) is 0 Å². The van der Waals surface area contributed by atoms with E-state index in [-0.39, 0.29) is 43.7 Å². The number of rotatable bonds is 13. The number of amides is 3. The summed E-state index contributed by atoms with van der Waals surface area (Å²) in [4.78, 5) is 44.1. The zero-order valence-corrected chi connectivity index (χ0v) is 20.7. The quantitative estimate of drug-likeness (QED) is 0.440. The molecule has 0 aliphatic carbocycles. The van der Waals surface area contributed by atoms with Crippen LogP contribution in [0.5, 0.6) is 0 Å². The Morgan fingerprint density at radius 1 is 1.18 bits per heavy atom. The summed E-state index contributed by atoms with van der Waals surface area (Å²) in [5, 5.41) is 8.37. The summed E-state index contributed by atoms with van der Waals surface area (Å²) < 4.78 is 5.18. The van der Waals surface area contributed by atoms with E-state index in [0.29, 0.717) is 28.2 Å². The summed E-state index contributed by atoms with van der Waals surface area (Å²) in [7, 11) is 1.53. The lowest BCUT2D eigenvalue weighted by molar-refractivity contribution is -0.142. The Morgan fingerprint density at radius 2 is 1.91 bits per heavy atom. The highest BCUT2D eigenvalue weighted by molar-refractivity contribution is 7.13. The molecule has 3 amide bonds. The summed E-state index contributed by atoms with van der Waals surface area (Å²) in [5.74, 6) is -0.480. The number of anilines is 1. The second kappa shape index (κ2) is 13.9. The van der Waals surface area contributed by atoms with Crippen LogP contribution in [0.1, 0.15) is 44.7 Å². The van der Waals surface area contributed by atoms with Gasteiger partial charge in [-0.3, -0.25) is 14.4 Å². The van der Waals surface area contributed by atoms with Crippen molar-refractivity contribution in [1.29, 1.82) is 0 Å². The minimum absolute atomic E-state index is 0.0236. The molecule has 1 unspecified atom stereocenters. The number of ether oxygens (including phenoxy) is 1. The molecule has 2 N–H and O–H groups in total. The monoisotopic (exact) mass is 494 g/mol. The molecule has 10 heteroatoms. The van der Waals surface area contributed by atoms with Crippen LogP contribution in [0.4, 0.5) is 5.13 Å². The van der Waals surface area contributed by atoms with Crippen molar-refractivity contribution in [2.75, 3.05) is 32.1 Å². The summed E-state index contributed by atoms with van der Waals surface area (Å²) in [5.41, 5.74) is 0.637. The third-order valence-electron chi connectivity index (χ3n) is 4.87. The molecule has 180 valence electrons.